The van der Waals surface area contributed by atoms with E-state index in [1.165, 1.54) is 10.6 Å². The first-order chi connectivity index (χ1) is 33.7. The Kier molecular flexibility index (Phi) is 6.19. The largest absolute Gasteiger partial charge is 0.0620 e. The van der Waals surface area contributed by atoms with Crippen LogP contribution in [0.4, 0.5) is 0 Å². The molecule has 0 bridgehead atoms. The Morgan fingerprint density at radius 2 is 1.29 bits per heavy atom. The fraction of sp³-hybridized carbons (Fsp3) is 0.127. The average molecular weight is 994 g/mol. The predicted octanol–water partition coefficient (Wildman–Crippen LogP) is 14.1. The molecule has 62 heavy (non-hydrogen) atoms. The molecular formula is C55H43N5OPt. The monoisotopic (exact) mass is 993 g/mol. The Morgan fingerprint density at radius 3 is 2.08 bits per heavy atom. The van der Waals surface area contributed by atoms with Crippen LogP contribution in [0.3, 0.4) is 0 Å². The van der Waals surface area contributed by atoms with Crippen LogP contribution in [-0.4, -0.2) is 23.1 Å². The quantitative estimate of drug-likeness (QED) is 0.172. The molecule has 7 aromatic carbocycles. The zero-order chi connectivity index (χ0) is 49.7. The standard InChI is InChI=1S/C55H43N5O.Pt/c1-33-18-23-37(58-32-57(6)47-16-9-10-17-48(47)58)27-52(33)61-38-24-25-40-43-29-44-42-14-11-13-41-39-12-7-8-15-46(39)60(54(41)42)51(44)30-50(43)59(49(40)28-38)53-26-34(2)45(31-56-53)35-19-21-36(22-20-35)55(3,4)5;/h7-31H,1-6H3;/i1D3,2D3,6D3;. The van der Waals surface area contributed by atoms with Crippen LogP contribution in [0.25, 0.3) is 93.6 Å². The van der Waals surface area contributed by atoms with Crippen LogP contribution in [0.5, 0.6) is 11.5 Å². The Bertz CT molecular complexity index is 4230. The van der Waals surface area contributed by atoms with E-state index in [2.05, 4.69) is 73.7 Å². The van der Waals surface area contributed by atoms with Crippen LogP contribution >= 0.6 is 0 Å². The molecule has 0 aliphatic rings. The van der Waals surface area contributed by atoms with Gasteiger partial charge in [0.15, 0.2) is 0 Å². The van der Waals surface area contributed by atoms with Crippen LogP contribution in [0.1, 0.15) is 49.8 Å². The van der Waals surface area contributed by atoms with E-state index < -0.39 is 20.7 Å². The second kappa shape index (κ2) is 13.4. The third kappa shape index (κ3) is 5.39. The van der Waals surface area contributed by atoms with Crippen LogP contribution in [0, 0.1) is 17.5 Å². The smallest absolute Gasteiger partial charge is 0.0620 e. The third-order valence-electron chi connectivity index (χ3n) is 12.4. The minimum absolute atomic E-state index is 0.0345. The predicted molar refractivity (Wildman–Crippen MR) is 252 cm³/mol. The van der Waals surface area contributed by atoms with Crippen molar-refractivity contribution in [2.45, 2.75) is 39.9 Å². The molecule has 0 fully saturated rings. The molecule has 12 aromatic rings. The van der Waals surface area contributed by atoms with Crippen molar-refractivity contribution in [1.29, 1.82) is 0 Å². The number of rotatable bonds is 5. The molecule has 7 heteroatoms. The van der Waals surface area contributed by atoms with E-state index in [9.17, 15) is 0 Å². The first-order valence-electron chi connectivity index (χ1n) is 24.9. The maximum Gasteiger partial charge on any atom is 0.0620 e. The van der Waals surface area contributed by atoms with Crippen LogP contribution in [-0.2, 0) is 31.7 Å². The fourth-order valence-electron chi connectivity index (χ4n) is 9.40. The van der Waals surface area contributed by atoms with Gasteiger partial charge in [-0.2, -0.15) is 0 Å². The number of pyridine rings is 1. The summed E-state index contributed by atoms with van der Waals surface area (Å²) in [5.41, 5.74) is 8.59. The molecule has 0 saturated carbocycles. The maximum atomic E-state index is 8.84. The number of hydrogen-bond donors (Lipinski definition) is 0. The zero-order valence-corrected chi connectivity index (χ0v) is 36.2. The molecule has 0 saturated heterocycles. The Balaban J connectivity index is 1.10. The van der Waals surface area contributed by atoms with Gasteiger partial charge in [0.1, 0.15) is 0 Å². The van der Waals surface area contributed by atoms with E-state index in [1.54, 1.807) is 47.2 Å². The van der Waals surface area contributed by atoms with Gasteiger partial charge in [-0.05, 0) is 35.0 Å². The van der Waals surface area contributed by atoms with Crippen molar-refractivity contribution in [3.63, 3.8) is 0 Å². The minimum atomic E-state index is -2.58. The van der Waals surface area contributed by atoms with Gasteiger partial charge in [-0.1, -0.05) is 81.4 Å². The summed E-state index contributed by atoms with van der Waals surface area (Å²) in [6.07, 6.45) is 1.64. The Morgan fingerprint density at radius 1 is 0.581 bits per heavy atom. The summed E-state index contributed by atoms with van der Waals surface area (Å²) in [4.78, 5) is 5.06. The first-order valence-corrected chi connectivity index (χ1v) is 21.6. The van der Waals surface area contributed by atoms with Gasteiger partial charge in [-0.15, -0.1) is 0 Å². The molecule has 0 amide bonds. The number of imidazole rings is 1. The number of hydrogen-bond acceptors (Lipinski definition) is 2. The SMILES string of the molecule is [2H]C([2H])([2H])c1ccc(-n2[c](=[Pt])n(C([2H])([2H])[2H])c3ccccc32)cc1Oc1ccc2c3cc4c5cccc6c7ccccc7n(c4cc3n(-c3cc(C([2H])([2H])[2H])c(-c4ccc(C(C)(C)C)cc4)cn3)c2c1)c65. The number of nitrogens with zero attached hydrogens (tertiary/aromatic N) is 5. The van der Waals surface area contributed by atoms with Gasteiger partial charge in [0.05, 0.1) is 16.6 Å². The van der Waals surface area contributed by atoms with Crippen LogP contribution in [0.15, 0.2) is 152 Å². The summed E-state index contributed by atoms with van der Waals surface area (Å²) in [6, 6.07) is 46.2. The minimum Gasteiger partial charge on any atom is 0.0620 e. The number of para-hydroxylation sites is 4. The maximum absolute atomic E-state index is 8.84. The van der Waals surface area contributed by atoms with Gasteiger partial charge in [0, 0.05) is 37.4 Å². The van der Waals surface area contributed by atoms with Crippen molar-refractivity contribution in [3.05, 3.63) is 172 Å². The van der Waals surface area contributed by atoms with Gasteiger partial charge in [0.25, 0.3) is 0 Å². The van der Waals surface area contributed by atoms with Gasteiger partial charge in [-0.25, -0.2) is 0 Å². The molecule has 5 aromatic heterocycles. The molecule has 5 heterocycles. The topological polar surface area (TPSA) is 41.3 Å². The summed E-state index contributed by atoms with van der Waals surface area (Å²) in [7, 11) is 0. The van der Waals surface area contributed by atoms with Crippen molar-refractivity contribution in [2.24, 2.45) is 6.98 Å². The number of ether oxygens (including phenoxy) is 1. The van der Waals surface area contributed by atoms with Crippen LogP contribution < -0.4 is 4.74 Å². The van der Waals surface area contributed by atoms with Crippen molar-refractivity contribution in [3.8, 4) is 34.1 Å². The number of aryl methyl sites for hydroxylation is 3. The molecular weight excluding hydrogens is 942 g/mol. The van der Waals surface area contributed by atoms with Crippen molar-refractivity contribution in [2.75, 3.05) is 0 Å². The van der Waals surface area contributed by atoms with E-state index in [4.69, 9.17) is 22.1 Å². The van der Waals surface area contributed by atoms with Gasteiger partial charge < -0.3 is 4.40 Å². The molecule has 0 unspecified atom stereocenters. The van der Waals surface area contributed by atoms with Crippen molar-refractivity contribution < 1.29 is 36.4 Å². The normalized spacial score (nSPS) is 15.2. The molecule has 0 spiro atoms. The zero-order valence-electron chi connectivity index (χ0n) is 42.9. The van der Waals surface area contributed by atoms with E-state index in [1.807, 2.05) is 78.5 Å². The second-order valence-corrected chi connectivity index (χ2v) is 18.1. The summed E-state index contributed by atoms with van der Waals surface area (Å²) < 4.78 is 91.6. The molecule has 0 aliphatic carbocycles. The van der Waals surface area contributed by atoms with Crippen molar-refractivity contribution in [1.82, 2.24) is 23.1 Å². The number of benzene rings is 7. The van der Waals surface area contributed by atoms with E-state index >= 15 is 0 Å². The molecule has 0 aliphatic heterocycles. The average Bonchev–Trinajstić information content (AvgIpc) is 4.03. The number of aromatic nitrogens is 5. The Labute approximate surface area is 382 Å². The van der Waals surface area contributed by atoms with Gasteiger partial charge in [-0.3, -0.25) is 0 Å². The van der Waals surface area contributed by atoms with Gasteiger partial charge in [0.2, 0.25) is 0 Å². The Hall–Kier alpha value is -6.75. The number of fused-ring (bicyclic) bond motifs is 10. The van der Waals surface area contributed by atoms with Crippen molar-refractivity contribution >= 4 is 70.9 Å². The fourth-order valence-corrected chi connectivity index (χ4v) is 10.2. The molecule has 6 nitrogen and oxygen atoms in total. The summed E-state index contributed by atoms with van der Waals surface area (Å²) in [5.74, 6) is 0.752. The summed E-state index contributed by atoms with van der Waals surface area (Å²) in [6.45, 7) is -1.17. The molecule has 0 N–H and O–H groups in total. The molecule has 0 atom stereocenters. The second-order valence-electron chi connectivity index (χ2n) is 17.1. The van der Waals surface area contributed by atoms with Gasteiger partial charge >= 0.3 is 209 Å². The third-order valence-corrected chi connectivity index (χ3v) is 13.4. The molecule has 12 rings (SSSR count). The summed E-state index contributed by atoms with van der Waals surface area (Å²) >= 11 is 1.99. The first kappa shape index (κ1) is 28.7. The van der Waals surface area contributed by atoms with E-state index in [0.29, 0.717) is 43.2 Å². The molecule has 304 valence electrons. The van der Waals surface area contributed by atoms with Crippen LogP contribution in [0.2, 0.25) is 0 Å². The van der Waals surface area contributed by atoms with E-state index in [-0.39, 0.29) is 22.3 Å². The van der Waals surface area contributed by atoms with E-state index in [0.717, 1.165) is 65.5 Å². The molecule has 0 radical (unpaired) electrons. The summed E-state index contributed by atoms with van der Waals surface area (Å²) in [5, 5.41) is 6.20.